The Hall–Kier alpha value is -2.08. The third-order valence-electron chi connectivity index (χ3n) is 1.72. The molecule has 82 valence electrons. The number of anilines is 1. The number of hydrogen-bond donors (Lipinski definition) is 2. The minimum Gasteiger partial charge on any atom is -0.463 e. The molecule has 2 heterocycles. The van der Waals surface area contributed by atoms with Crippen LogP contribution in [0.5, 0.6) is 0 Å². The smallest absolute Gasteiger partial charge is 0.285 e. The molecule has 0 aliphatic rings. The van der Waals surface area contributed by atoms with E-state index in [9.17, 15) is 4.79 Å². The summed E-state index contributed by atoms with van der Waals surface area (Å²) >= 11 is 5.71. The molecular weight excluding hydrogens is 232 g/mol. The number of aromatic amines is 1. The molecule has 0 bridgehead atoms. The van der Waals surface area contributed by atoms with Crippen LogP contribution in [0, 0.1) is 0 Å². The maximum Gasteiger partial charge on any atom is 0.285 e. The first-order valence-corrected chi connectivity index (χ1v) is 4.71. The van der Waals surface area contributed by atoms with Crippen LogP contribution in [0.3, 0.4) is 0 Å². The molecule has 0 amide bonds. The molecule has 0 spiro atoms. The highest BCUT2D eigenvalue weighted by Gasteiger charge is 2.02. The molecule has 2 aromatic rings. The highest BCUT2D eigenvalue weighted by Crippen LogP contribution is 2.13. The lowest BCUT2D eigenvalue weighted by atomic mass is 10.5. The van der Waals surface area contributed by atoms with Crippen LogP contribution in [0.4, 0.5) is 5.69 Å². The van der Waals surface area contributed by atoms with Crippen molar-refractivity contribution in [1.82, 2.24) is 10.2 Å². The Morgan fingerprint density at radius 1 is 1.62 bits per heavy atom. The van der Waals surface area contributed by atoms with E-state index in [0.717, 1.165) is 0 Å². The standard InChI is InChI=1S/C9H7ClN4O2/c10-8-7(5-12-14-9(8)15)13-11-4-6-2-1-3-16-6/h1-5H,(H2,13,14,15)/b11-4+. The van der Waals surface area contributed by atoms with Crippen LogP contribution in [0.25, 0.3) is 0 Å². The van der Waals surface area contributed by atoms with Crippen LogP contribution in [0.15, 0.2) is 38.9 Å². The zero-order valence-corrected chi connectivity index (χ0v) is 8.73. The summed E-state index contributed by atoms with van der Waals surface area (Å²) in [5.74, 6) is 0.585. The summed E-state index contributed by atoms with van der Waals surface area (Å²) in [6, 6.07) is 3.48. The van der Waals surface area contributed by atoms with Gasteiger partial charge in [-0.15, -0.1) is 0 Å². The third kappa shape index (κ3) is 2.29. The summed E-state index contributed by atoms with van der Waals surface area (Å²) in [5.41, 5.74) is 2.44. The van der Waals surface area contributed by atoms with Crippen molar-refractivity contribution in [3.05, 3.63) is 45.7 Å². The van der Waals surface area contributed by atoms with E-state index in [0.29, 0.717) is 11.4 Å². The largest absolute Gasteiger partial charge is 0.463 e. The van der Waals surface area contributed by atoms with Crippen molar-refractivity contribution in [2.45, 2.75) is 0 Å². The SMILES string of the molecule is O=c1[nH]ncc(N/N=C/c2ccco2)c1Cl. The van der Waals surface area contributed by atoms with E-state index in [1.807, 2.05) is 0 Å². The fourth-order valence-corrected chi connectivity index (χ4v) is 1.12. The number of aromatic nitrogens is 2. The van der Waals surface area contributed by atoms with Gasteiger partial charge < -0.3 is 4.42 Å². The lowest BCUT2D eigenvalue weighted by Crippen LogP contribution is -2.09. The van der Waals surface area contributed by atoms with Gasteiger partial charge in [0.25, 0.3) is 5.56 Å². The maximum absolute atomic E-state index is 11.1. The first kappa shape index (κ1) is 10.4. The summed E-state index contributed by atoms with van der Waals surface area (Å²) in [4.78, 5) is 11.1. The van der Waals surface area contributed by atoms with Gasteiger partial charge in [-0.25, -0.2) is 5.10 Å². The molecule has 2 aromatic heterocycles. The third-order valence-corrected chi connectivity index (χ3v) is 2.09. The molecule has 0 aromatic carbocycles. The van der Waals surface area contributed by atoms with Crippen molar-refractivity contribution in [3.8, 4) is 0 Å². The predicted octanol–water partition coefficient (Wildman–Crippen LogP) is 1.46. The van der Waals surface area contributed by atoms with Gasteiger partial charge in [0.05, 0.1) is 18.7 Å². The van der Waals surface area contributed by atoms with Crippen molar-refractivity contribution in [3.63, 3.8) is 0 Å². The summed E-state index contributed by atoms with van der Waals surface area (Å²) < 4.78 is 5.02. The summed E-state index contributed by atoms with van der Waals surface area (Å²) in [5, 5.41) is 9.62. The average molecular weight is 239 g/mol. The van der Waals surface area contributed by atoms with Crippen LogP contribution < -0.4 is 11.0 Å². The second-order valence-electron chi connectivity index (χ2n) is 2.81. The van der Waals surface area contributed by atoms with Crippen LogP contribution in [0.2, 0.25) is 5.02 Å². The fourth-order valence-electron chi connectivity index (χ4n) is 0.992. The second-order valence-corrected chi connectivity index (χ2v) is 3.19. The molecule has 2 rings (SSSR count). The van der Waals surface area contributed by atoms with Gasteiger partial charge in [-0.3, -0.25) is 10.2 Å². The molecule has 16 heavy (non-hydrogen) atoms. The number of rotatable bonds is 3. The van der Waals surface area contributed by atoms with E-state index in [1.54, 1.807) is 12.1 Å². The lowest BCUT2D eigenvalue weighted by molar-refractivity contribution is 0.560. The zero-order valence-electron chi connectivity index (χ0n) is 7.98. The van der Waals surface area contributed by atoms with Gasteiger partial charge in [-0.05, 0) is 12.1 Å². The number of nitrogens with zero attached hydrogens (tertiary/aromatic N) is 2. The van der Waals surface area contributed by atoms with Crippen LogP contribution >= 0.6 is 11.6 Å². The number of H-pyrrole nitrogens is 1. The van der Waals surface area contributed by atoms with Crippen LogP contribution in [-0.2, 0) is 0 Å². The maximum atomic E-state index is 11.1. The Kier molecular flexibility index (Phi) is 3.02. The monoisotopic (exact) mass is 238 g/mol. The fraction of sp³-hybridized carbons (Fsp3) is 0. The van der Waals surface area contributed by atoms with Gasteiger partial charge >= 0.3 is 0 Å². The van der Waals surface area contributed by atoms with E-state index in [-0.39, 0.29) is 5.02 Å². The summed E-state index contributed by atoms with van der Waals surface area (Å²) in [6.45, 7) is 0. The molecule has 2 N–H and O–H groups in total. The number of hydrogen-bond acceptors (Lipinski definition) is 5. The highest BCUT2D eigenvalue weighted by atomic mass is 35.5. The average Bonchev–Trinajstić information content (AvgIpc) is 2.77. The number of nitrogens with one attached hydrogen (secondary N) is 2. The van der Waals surface area contributed by atoms with E-state index >= 15 is 0 Å². The number of hydrazone groups is 1. The summed E-state index contributed by atoms with van der Waals surface area (Å²) in [7, 11) is 0. The van der Waals surface area contributed by atoms with E-state index in [4.69, 9.17) is 16.0 Å². The molecule has 0 fully saturated rings. The molecule has 6 nitrogen and oxygen atoms in total. The number of furan rings is 1. The Morgan fingerprint density at radius 2 is 2.50 bits per heavy atom. The van der Waals surface area contributed by atoms with Gasteiger partial charge in [0, 0.05) is 0 Å². The Morgan fingerprint density at radius 3 is 3.25 bits per heavy atom. The second kappa shape index (κ2) is 4.63. The molecule has 0 saturated carbocycles. The molecule has 0 saturated heterocycles. The minimum absolute atomic E-state index is 0.00611. The van der Waals surface area contributed by atoms with Crippen molar-refractivity contribution in [2.24, 2.45) is 5.10 Å². The van der Waals surface area contributed by atoms with Crippen molar-refractivity contribution >= 4 is 23.5 Å². The zero-order chi connectivity index (χ0) is 11.4. The Bertz CT molecular complexity index is 547. The molecule has 7 heteroatoms. The lowest BCUT2D eigenvalue weighted by Gasteiger charge is -1.99. The van der Waals surface area contributed by atoms with Crippen molar-refractivity contribution in [2.75, 3.05) is 5.43 Å². The van der Waals surface area contributed by atoms with E-state index in [2.05, 4.69) is 20.7 Å². The molecule has 0 radical (unpaired) electrons. The normalized spacial score (nSPS) is 10.8. The van der Waals surface area contributed by atoms with Gasteiger partial charge in [-0.1, -0.05) is 11.6 Å². The van der Waals surface area contributed by atoms with Gasteiger partial charge in [0.1, 0.15) is 16.5 Å². The Labute approximate surface area is 94.9 Å². The van der Waals surface area contributed by atoms with Crippen molar-refractivity contribution < 1.29 is 4.42 Å². The minimum atomic E-state index is -0.472. The van der Waals surface area contributed by atoms with Gasteiger partial charge in [-0.2, -0.15) is 10.2 Å². The van der Waals surface area contributed by atoms with Gasteiger partial charge in [0.15, 0.2) is 0 Å². The van der Waals surface area contributed by atoms with Gasteiger partial charge in [0.2, 0.25) is 0 Å². The predicted molar refractivity (Wildman–Crippen MR) is 59.8 cm³/mol. The molecule has 0 aliphatic carbocycles. The molecule has 0 unspecified atom stereocenters. The van der Waals surface area contributed by atoms with Crippen molar-refractivity contribution in [1.29, 1.82) is 0 Å². The van der Waals surface area contributed by atoms with E-state index < -0.39 is 5.56 Å². The Balaban J connectivity index is 2.11. The highest BCUT2D eigenvalue weighted by molar-refractivity contribution is 6.32. The van der Waals surface area contributed by atoms with Crippen LogP contribution in [-0.4, -0.2) is 16.4 Å². The van der Waals surface area contributed by atoms with Crippen LogP contribution in [0.1, 0.15) is 5.76 Å². The number of halogens is 1. The molecular formula is C9H7ClN4O2. The topological polar surface area (TPSA) is 83.3 Å². The molecule has 0 aliphatic heterocycles. The summed E-state index contributed by atoms with van der Waals surface area (Å²) in [6.07, 6.45) is 4.35. The first-order valence-electron chi connectivity index (χ1n) is 4.33. The molecule has 0 atom stereocenters. The first-order chi connectivity index (χ1) is 7.77. The quantitative estimate of drug-likeness (QED) is 0.626. The van der Waals surface area contributed by atoms with E-state index in [1.165, 1.54) is 18.7 Å².